The van der Waals surface area contributed by atoms with Gasteiger partial charge in [-0.05, 0) is 81.0 Å². The van der Waals surface area contributed by atoms with Gasteiger partial charge in [0.25, 0.3) is 0 Å². The number of rotatable bonds is 4. The van der Waals surface area contributed by atoms with E-state index < -0.39 is 18.2 Å². The third-order valence-electron chi connectivity index (χ3n) is 7.76. The van der Waals surface area contributed by atoms with Gasteiger partial charge >= 0.3 is 0 Å². The van der Waals surface area contributed by atoms with Gasteiger partial charge in [0.2, 0.25) is 0 Å². The van der Waals surface area contributed by atoms with E-state index in [0.29, 0.717) is 18.8 Å². The second-order valence-electron chi connectivity index (χ2n) is 9.21. The Balaban J connectivity index is 1.44. The average Bonchev–Trinajstić information content (AvgIpc) is 2.62. The number of hydrogen-bond donors (Lipinski definition) is 1. The van der Waals surface area contributed by atoms with Crippen LogP contribution in [-0.2, 0) is 0 Å². The van der Waals surface area contributed by atoms with E-state index in [4.69, 9.17) is 5.26 Å². The van der Waals surface area contributed by atoms with Crippen molar-refractivity contribution in [1.29, 1.82) is 5.26 Å². The van der Waals surface area contributed by atoms with Gasteiger partial charge in [-0.1, -0.05) is 32.6 Å². The van der Waals surface area contributed by atoms with E-state index >= 15 is 0 Å². The molecule has 3 saturated carbocycles. The van der Waals surface area contributed by atoms with Crippen molar-refractivity contribution >= 4 is 0 Å². The minimum absolute atomic E-state index is 0.288. The van der Waals surface area contributed by atoms with Crippen molar-refractivity contribution in [3.8, 4) is 6.07 Å². The number of halogens is 1. The van der Waals surface area contributed by atoms with Crippen molar-refractivity contribution in [3.05, 3.63) is 0 Å². The average molecular weight is 350 g/mol. The van der Waals surface area contributed by atoms with Gasteiger partial charge < -0.3 is 5.11 Å². The largest absolute Gasteiger partial charge is 0.392 e. The molecule has 3 aliphatic carbocycles. The SMILES string of the molecule is CCCC1CCC(C2CCC(C3CC(O)C(C#N)C(F)C3)CC2)CC1. The number of aliphatic hydroxyl groups excluding tert-OH is 1. The Kier molecular flexibility index (Phi) is 6.78. The van der Waals surface area contributed by atoms with Gasteiger partial charge in [0.05, 0.1) is 12.2 Å². The van der Waals surface area contributed by atoms with Crippen LogP contribution in [0, 0.1) is 46.8 Å². The zero-order chi connectivity index (χ0) is 17.8. The molecule has 0 amide bonds. The highest BCUT2D eigenvalue weighted by Crippen LogP contribution is 2.46. The Bertz CT molecular complexity index is 433. The number of alkyl halides is 1. The van der Waals surface area contributed by atoms with E-state index in [1.54, 1.807) is 0 Å². The van der Waals surface area contributed by atoms with E-state index in [1.165, 1.54) is 64.2 Å². The summed E-state index contributed by atoms with van der Waals surface area (Å²) in [4.78, 5) is 0. The quantitative estimate of drug-likeness (QED) is 0.713. The van der Waals surface area contributed by atoms with Crippen LogP contribution in [-0.4, -0.2) is 17.4 Å². The van der Waals surface area contributed by atoms with Gasteiger partial charge in [-0.15, -0.1) is 0 Å². The molecule has 0 bridgehead atoms. The summed E-state index contributed by atoms with van der Waals surface area (Å²) in [7, 11) is 0. The van der Waals surface area contributed by atoms with Gasteiger partial charge in [-0.2, -0.15) is 5.26 Å². The first-order valence-electron chi connectivity index (χ1n) is 10.8. The summed E-state index contributed by atoms with van der Waals surface area (Å²) in [6.45, 7) is 2.30. The first kappa shape index (κ1) is 19.2. The van der Waals surface area contributed by atoms with Crippen LogP contribution in [0.1, 0.15) is 84.0 Å². The van der Waals surface area contributed by atoms with Crippen LogP contribution in [0.4, 0.5) is 4.39 Å². The van der Waals surface area contributed by atoms with Crippen LogP contribution < -0.4 is 0 Å². The molecule has 4 atom stereocenters. The van der Waals surface area contributed by atoms with Crippen molar-refractivity contribution in [2.45, 2.75) is 96.2 Å². The molecule has 3 fully saturated rings. The van der Waals surface area contributed by atoms with Crippen LogP contribution in [0.5, 0.6) is 0 Å². The number of nitriles is 1. The van der Waals surface area contributed by atoms with Gasteiger partial charge in [0, 0.05) is 0 Å². The first-order valence-corrected chi connectivity index (χ1v) is 10.8. The van der Waals surface area contributed by atoms with Gasteiger partial charge in [0.1, 0.15) is 12.1 Å². The third kappa shape index (κ3) is 4.57. The lowest BCUT2D eigenvalue weighted by atomic mass is 9.64. The highest BCUT2D eigenvalue weighted by atomic mass is 19.1. The second kappa shape index (κ2) is 8.85. The smallest absolute Gasteiger partial charge is 0.119 e. The zero-order valence-electron chi connectivity index (χ0n) is 15.9. The first-order chi connectivity index (χ1) is 12.1. The third-order valence-corrected chi connectivity index (χ3v) is 7.76. The maximum Gasteiger partial charge on any atom is 0.119 e. The van der Waals surface area contributed by atoms with Crippen molar-refractivity contribution in [2.75, 3.05) is 0 Å². The molecule has 0 aliphatic heterocycles. The van der Waals surface area contributed by atoms with Crippen molar-refractivity contribution in [3.63, 3.8) is 0 Å². The molecule has 0 aromatic carbocycles. The normalized spacial score (nSPS) is 45.7. The molecular formula is C22H36FNO. The zero-order valence-corrected chi connectivity index (χ0v) is 15.9. The molecule has 3 heteroatoms. The van der Waals surface area contributed by atoms with E-state index in [2.05, 4.69) is 6.92 Å². The minimum Gasteiger partial charge on any atom is -0.392 e. The molecule has 3 aliphatic rings. The van der Waals surface area contributed by atoms with Crippen LogP contribution in [0.3, 0.4) is 0 Å². The molecule has 0 radical (unpaired) electrons. The fraction of sp³-hybridized carbons (Fsp3) is 0.955. The molecule has 0 spiro atoms. The van der Waals surface area contributed by atoms with Crippen molar-refractivity contribution in [1.82, 2.24) is 0 Å². The molecule has 0 aromatic heterocycles. The number of aliphatic hydroxyl groups is 1. The minimum atomic E-state index is -1.13. The highest BCUT2D eigenvalue weighted by Gasteiger charge is 2.41. The molecule has 3 rings (SSSR count). The standard InChI is InChI=1S/C22H36FNO/c1-2-3-15-4-6-16(7-5-15)17-8-10-18(11-9-17)19-12-21(23)20(14-24)22(25)13-19/h15-22,25H,2-13H2,1H3. The van der Waals surface area contributed by atoms with Crippen LogP contribution in [0.25, 0.3) is 0 Å². The van der Waals surface area contributed by atoms with Crippen LogP contribution in [0.15, 0.2) is 0 Å². The Morgan fingerprint density at radius 2 is 1.40 bits per heavy atom. The van der Waals surface area contributed by atoms with E-state index in [-0.39, 0.29) is 5.92 Å². The number of nitrogens with zero attached hydrogens (tertiary/aromatic N) is 1. The summed E-state index contributed by atoms with van der Waals surface area (Å²) < 4.78 is 14.2. The lowest BCUT2D eigenvalue weighted by Gasteiger charge is -2.42. The van der Waals surface area contributed by atoms with Crippen LogP contribution >= 0.6 is 0 Å². The lowest BCUT2D eigenvalue weighted by Crippen LogP contribution is -2.40. The maximum atomic E-state index is 14.2. The Hall–Kier alpha value is -0.620. The summed E-state index contributed by atoms with van der Waals surface area (Å²) in [6, 6.07) is 1.96. The van der Waals surface area contributed by atoms with Crippen molar-refractivity contribution in [2.24, 2.45) is 35.5 Å². The van der Waals surface area contributed by atoms with Crippen LogP contribution in [0.2, 0.25) is 0 Å². The fourth-order valence-electron chi connectivity index (χ4n) is 6.23. The Labute approximate surface area is 153 Å². The summed E-state index contributed by atoms with van der Waals surface area (Å²) >= 11 is 0. The molecular weight excluding hydrogens is 313 g/mol. The Morgan fingerprint density at radius 3 is 1.88 bits per heavy atom. The molecule has 1 N–H and O–H groups in total. The lowest BCUT2D eigenvalue weighted by molar-refractivity contribution is -0.00857. The number of hydrogen-bond acceptors (Lipinski definition) is 2. The summed E-state index contributed by atoms with van der Waals surface area (Å²) in [5.74, 6) is 2.86. The molecule has 142 valence electrons. The summed E-state index contributed by atoms with van der Waals surface area (Å²) in [5, 5.41) is 19.1. The monoisotopic (exact) mass is 349 g/mol. The van der Waals surface area contributed by atoms with E-state index in [9.17, 15) is 9.50 Å². The summed E-state index contributed by atoms with van der Waals surface area (Å²) in [5.41, 5.74) is 0. The topological polar surface area (TPSA) is 44.0 Å². The Morgan fingerprint density at radius 1 is 0.880 bits per heavy atom. The molecule has 4 unspecified atom stereocenters. The fourth-order valence-corrected chi connectivity index (χ4v) is 6.23. The predicted octanol–water partition coefficient (Wildman–Crippen LogP) is 5.65. The van der Waals surface area contributed by atoms with E-state index in [1.807, 2.05) is 6.07 Å². The van der Waals surface area contributed by atoms with Crippen molar-refractivity contribution < 1.29 is 9.50 Å². The summed E-state index contributed by atoms with van der Waals surface area (Å²) in [6.07, 6.45) is 12.7. The second-order valence-corrected chi connectivity index (χ2v) is 9.21. The maximum absolute atomic E-state index is 14.2. The molecule has 2 nitrogen and oxygen atoms in total. The van der Waals surface area contributed by atoms with Gasteiger partial charge in [0.15, 0.2) is 0 Å². The van der Waals surface area contributed by atoms with Gasteiger partial charge in [-0.3, -0.25) is 0 Å². The molecule has 0 heterocycles. The molecule has 0 saturated heterocycles. The highest BCUT2D eigenvalue weighted by molar-refractivity contribution is 5.00. The molecule has 0 aromatic rings. The van der Waals surface area contributed by atoms with E-state index in [0.717, 1.165) is 17.8 Å². The molecule has 25 heavy (non-hydrogen) atoms. The van der Waals surface area contributed by atoms with Gasteiger partial charge in [-0.25, -0.2) is 4.39 Å². The predicted molar refractivity (Wildman–Crippen MR) is 98.5 cm³/mol.